The molecule has 0 spiro atoms. The van der Waals surface area contributed by atoms with Crippen LogP contribution in [0.2, 0.25) is 0 Å². The molecule has 0 aliphatic carbocycles. The lowest BCUT2D eigenvalue weighted by molar-refractivity contribution is -0.132. The Hall–Kier alpha value is -3.72. The number of carbonyl (C=O) groups is 2. The van der Waals surface area contributed by atoms with Crippen molar-refractivity contribution in [2.75, 3.05) is 38.7 Å². The van der Waals surface area contributed by atoms with Crippen LogP contribution in [-0.4, -0.2) is 55.1 Å². The highest BCUT2D eigenvalue weighted by atomic mass is 19.1. The minimum Gasteiger partial charge on any atom is -0.467 e. The average Bonchev–Trinajstić information content (AvgIpc) is 3.35. The lowest BCUT2D eigenvalue weighted by Gasteiger charge is -2.27. The third kappa shape index (κ3) is 7.41. The summed E-state index contributed by atoms with van der Waals surface area (Å²) in [6, 6.07) is 15.4. The highest BCUT2D eigenvalue weighted by molar-refractivity contribution is 5.92. The minimum absolute atomic E-state index is 0.101. The summed E-state index contributed by atoms with van der Waals surface area (Å²) in [6.07, 6.45) is 2.16. The molecule has 7 nitrogen and oxygen atoms in total. The fraction of sp³-hybridized carbons (Fsp3) is 0.280. The van der Waals surface area contributed by atoms with E-state index < -0.39 is 17.7 Å². The van der Waals surface area contributed by atoms with E-state index in [2.05, 4.69) is 5.32 Å². The molecule has 0 saturated carbocycles. The Bertz CT molecular complexity index is 1060. The normalized spacial score (nSPS) is 10.7. The standard InChI is InChI=1S/C25H27F2N3O4/c1-33-15-13-30(25(32)28-23-10-9-20(26)16-22(23)27)18-24(31)29(17-21-8-5-14-34-21)12-11-19-6-3-2-4-7-19/h2-10,14,16H,11-13,15,17-18H2,1H3,(H,28,32). The molecule has 1 N–H and O–H groups in total. The van der Waals surface area contributed by atoms with Crippen LogP contribution in [0.15, 0.2) is 71.3 Å². The van der Waals surface area contributed by atoms with Crippen LogP contribution in [0.5, 0.6) is 0 Å². The van der Waals surface area contributed by atoms with Gasteiger partial charge in [0.15, 0.2) is 0 Å². The van der Waals surface area contributed by atoms with Gasteiger partial charge in [-0.15, -0.1) is 0 Å². The lowest BCUT2D eigenvalue weighted by Crippen LogP contribution is -2.46. The Morgan fingerprint density at radius 3 is 2.47 bits per heavy atom. The molecule has 0 atom stereocenters. The first-order valence-electron chi connectivity index (χ1n) is 10.8. The van der Waals surface area contributed by atoms with Crippen LogP contribution in [0.4, 0.5) is 19.3 Å². The quantitative estimate of drug-likeness (QED) is 0.452. The Morgan fingerprint density at radius 2 is 1.79 bits per heavy atom. The van der Waals surface area contributed by atoms with Gasteiger partial charge in [-0.2, -0.15) is 0 Å². The number of carbonyl (C=O) groups excluding carboxylic acids is 2. The highest BCUT2D eigenvalue weighted by Gasteiger charge is 2.23. The Morgan fingerprint density at radius 1 is 1.00 bits per heavy atom. The molecule has 3 rings (SSSR count). The average molecular weight is 472 g/mol. The van der Waals surface area contributed by atoms with E-state index in [4.69, 9.17) is 9.15 Å². The number of nitrogens with one attached hydrogen (secondary N) is 1. The van der Waals surface area contributed by atoms with Gasteiger partial charge in [0, 0.05) is 26.3 Å². The summed E-state index contributed by atoms with van der Waals surface area (Å²) >= 11 is 0. The molecular weight excluding hydrogens is 444 g/mol. The summed E-state index contributed by atoms with van der Waals surface area (Å²) < 4.78 is 37.7. The number of hydrogen-bond acceptors (Lipinski definition) is 4. The van der Waals surface area contributed by atoms with E-state index in [-0.39, 0.29) is 37.8 Å². The summed E-state index contributed by atoms with van der Waals surface area (Å²) in [7, 11) is 1.47. The van der Waals surface area contributed by atoms with Crippen molar-refractivity contribution in [1.82, 2.24) is 9.80 Å². The first kappa shape index (κ1) is 24.9. The van der Waals surface area contributed by atoms with Gasteiger partial charge in [0.05, 0.1) is 25.1 Å². The molecule has 3 amide bonds. The maximum atomic E-state index is 14.0. The molecule has 2 aromatic carbocycles. The number of nitrogens with zero attached hydrogens (tertiary/aromatic N) is 2. The predicted molar refractivity (Wildman–Crippen MR) is 123 cm³/mol. The molecule has 0 bridgehead atoms. The van der Waals surface area contributed by atoms with Crippen molar-refractivity contribution in [2.45, 2.75) is 13.0 Å². The van der Waals surface area contributed by atoms with Crippen LogP contribution in [0, 0.1) is 11.6 Å². The minimum atomic E-state index is -0.909. The molecule has 3 aromatic rings. The van der Waals surface area contributed by atoms with Crippen molar-refractivity contribution in [2.24, 2.45) is 0 Å². The largest absolute Gasteiger partial charge is 0.467 e. The van der Waals surface area contributed by atoms with E-state index in [9.17, 15) is 18.4 Å². The Labute approximate surface area is 196 Å². The SMILES string of the molecule is COCCN(CC(=O)N(CCc1ccccc1)Cc1ccco1)C(=O)Nc1ccc(F)cc1F. The van der Waals surface area contributed by atoms with E-state index in [0.717, 1.165) is 17.7 Å². The fourth-order valence-corrected chi connectivity index (χ4v) is 3.29. The van der Waals surface area contributed by atoms with Gasteiger partial charge in [-0.25, -0.2) is 13.6 Å². The second-order valence-corrected chi connectivity index (χ2v) is 7.60. The van der Waals surface area contributed by atoms with Crippen LogP contribution in [0.1, 0.15) is 11.3 Å². The van der Waals surface area contributed by atoms with Gasteiger partial charge in [-0.1, -0.05) is 30.3 Å². The van der Waals surface area contributed by atoms with E-state index in [1.807, 2.05) is 30.3 Å². The van der Waals surface area contributed by atoms with Gasteiger partial charge >= 0.3 is 6.03 Å². The zero-order valence-electron chi connectivity index (χ0n) is 18.9. The Balaban J connectivity index is 1.71. The topological polar surface area (TPSA) is 75.0 Å². The van der Waals surface area contributed by atoms with Gasteiger partial charge in [-0.3, -0.25) is 4.79 Å². The summed E-state index contributed by atoms with van der Waals surface area (Å²) in [4.78, 5) is 28.9. The zero-order chi connectivity index (χ0) is 24.3. The monoisotopic (exact) mass is 471 g/mol. The maximum Gasteiger partial charge on any atom is 0.322 e. The predicted octanol–water partition coefficient (Wildman–Crippen LogP) is 4.31. The van der Waals surface area contributed by atoms with Gasteiger partial charge < -0.3 is 24.3 Å². The number of hydrogen-bond donors (Lipinski definition) is 1. The van der Waals surface area contributed by atoms with Crippen LogP contribution >= 0.6 is 0 Å². The molecule has 0 aliphatic rings. The Kier molecular flexibility index (Phi) is 9.16. The molecular formula is C25H27F2N3O4. The van der Waals surface area contributed by atoms with Gasteiger partial charge in [0.2, 0.25) is 5.91 Å². The number of benzene rings is 2. The number of amides is 3. The number of ether oxygens (including phenoxy) is 1. The molecule has 1 heterocycles. The maximum absolute atomic E-state index is 14.0. The van der Waals surface area contributed by atoms with Crippen LogP contribution in [-0.2, 0) is 22.5 Å². The smallest absolute Gasteiger partial charge is 0.322 e. The molecule has 34 heavy (non-hydrogen) atoms. The third-order valence-corrected chi connectivity index (χ3v) is 5.14. The molecule has 0 saturated heterocycles. The number of anilines is 1. The second kappa shape index (κ2) is 12.5. The van der Waals surface area contributed by atoms with Crippen molar-refractivity contribution in [3.8, 4) is 0 Å². The molecule has 0 fully saturated rings. The molecule has 0 aliphatic heterocycles. The molecule has 0 unspecified atom stereocenters. The van der Waals surface area contributed by atoms with Gasteiger partial charge in [0.25, 0.3) is 0 Å². The summed E-state index contributed by atoms with van der Waals surface area (Å²) in [6.45, 7) is 0.674. The van der Waals surface area contributed by atoms with E-state index in [1.165, 1.54) is 18.3 Å². The number of rotatable bonds is 11. The van der Waals surface area contributed by atoms with Gasteiger partial charge in [-0.05, 0) is 36.2 Å². The highest BCUT2D eigenvalue weighted by Crippen LogP contribution is 2.16. The van der Waals surface area contributed by atoms with Crippen LogP contribution in [0.25, 0.3) is 0 Å². The number of halogens is 2. The zero-order valence-corrected chi connectivity index (χ0v) is 18.9. The van der Waals surface area contributed by atoms with E-state index in [1.54, 1.807) is 17.0 Å². The second-order valence-electron chi connectivity index (χ2n) is 7.60. The first-order chi connectivity index (χ1) is 16.5. The van der Waals surface area contributed by atoms with E-state index in [0.29, 0.717) is 24.8 Å². The van der Waals surface area contributed by atoms with Crippen molar-refractivity contribution >= 4 is 17.6 Å². The third-order valence-electron chi connectivity index (χ3n) is 5.14. The lowest BCUT2D eigenvalue weighted by atomic mass is 10.1. The van der Waals surface area contributed by atoms with Crippen molar-refractivity contribution in [3.05, 3.63) is 89.9 Å². The summed E-state index contributed by atoms with van der Waals surface area (Å²) in [5.41, 5.74) is 0.887. The number of furan rings is 1. The molecule has 180 valence electrons. The molecule has 1 aromatic heterocycles. The number of methoxy groups -OCH3 is 1. The van der Waals surface area contributed by atoms with Crippen molar-refractivity contribution < 1.29 is 27.5 Å². The van der Waals surface area contributed by atoms with Crippen LogP contribution in [0.3, 0.4) is 0 Å². The number of urea groups is 1. The van der Waals surface area contributed by atoms with Gasteiger partial charge in [0.1, 0.15) is 23.9 Å². The fourth-order valence-electron chi connectivity index (χ4n) is 3.29. The van der Waals surface area contributed by atoms with Crippen molar-refractivity contribution in [1.29, 1.82) is 0 Å². The van der Waals surface area contributed by atoms with Crippen LogP contribution < -0.4 is 5.32 Å². The molecule has 9 heteroatoms. The first-order valence-corrected chi connectivity index (χ1v) is 10.8. The van der Waals surface area contributed by atoms with Crippen molar-refractivity contribution in [3.63, 3.8) is 0 Å². The molecule has 0 radical (unpaired) electrons. The summed E-state index contributed by atoms with van der Waals surface area (Å²) in [5.74, 6) is -1.36. The summed E-state index contributed by atoms with van der Waals surface area (Å²) in [5, 5.41) is 2.39. The van der Waals surface area contributed by atoms with E-state index >= 15 is 0 Å².